The zero-order valence-corrected chi connectivity index (χ0v) is 28.6. The van der Waals surface area contributed by atoms with Gasteiger partial charge >= 0.3 is 6.09 Å². The van der Waals surface area contributed by atoms with Crippen molar-refractivity contribution in [3.8, 4) is 0 Å². The van der Waals surface area contributed by atoms with Crippen molar-refractivity contribution in [1.82, 2.24) is 25.5 Å². The molecule has 3 aromatic carbocycles. The molecule has 0 aliphatic heterocycles. The van der Waals surface area contributed by atoms with Crippen molar-refractivity contribution in [3.05, 3.63) is 126 Å². The average Bonchev–Trinajstić information content (AvgIpc) is 3.54. The molecule has 4 aromatic rings. The number of hydrogen-bond acceptors (Lipinski definition) is 5. The molecule has 0 radical (unpaired) electrons. The zero-order chi connectivity index (χ0) is 34.4. The molecular weight excluding hydrogens is 602 g/mol. The van der Waals surface area contributed by atoms with E-state index in [2.05, 4.69) is 63.8 Å². The number of hydrogen-bond donors (Lipinski definition) is 3. The fraction of sp³-hybridized carbons (Fsp3) is 0.385. The molecule has 254 valence electrons. The summed E-state index contributed by atoms with van der Waals surface area (Å²) >= 11 is 0. The van der Waals surface area contributed by atoms with E-state index in [0.29, 0.717) is 12.2 Å². The van der Waals surface area contributed by atoms with Crippen LogP contribution in [0.5, 0.6) is 0 Å². The Hall–Kier alpha value is -4.92. The standard InChI is InChI=1S/C39H49N5O4/c1-5-6-7-17-25-40-36(46)34(43-35(45)24-26-41-37(47)48-38(2,3)4)27-33-28-44(29-42-33)39(30-18-11-8-12-19-30,31-20-13-9-14-21-31)32-22-15-10-16-23-32/h8-16,18-23,28-29,34H,5-7,17,24-27H2,1-4H3,(H,40,46)(H,41,47)(H,43,45)/t34-/m0/s1. The van der Waals surface area contributed by atoms with Crippen LogP contribution >= 0.6 is 0 Å². The van der Waals surface area contributed by atoms with E-state index in [1.165, 1.54) is 0 Å². The molecule has 0 saturated carbocycles. The highest BCUT2D eigenvalue weighted by Gasteiger charge is 2.38. The summed E-state index contributed by atoms with van der Waals surface area (Å²) in [4.78, 5) is 43.4. The van der Waals surface area contributed by atoms with Gasteiger partial charge in [0.25, 0.3) is 0 Å². The van der Waals surface area contributed by atoms with Gasteiger partial charge in [0.2, 0.25) is 11.8 Å². The lowest BCUT2D eigenvalue weighted by Crippen LogP contribution is -2.49. The van der Waals surface area contributed by atoms with Crippen LogP contribution < -0.4 is 16.0 Å². The smallest absolute Gasteiger partial charge is 0.407 e. The summed E-state index contributed by atoms with van der Waals surface area (Å²) in [5.74, 6) is -0.626. The number of nitrogens with zero attached hydrogens (tertiary/aromatic N) is 2. The molecule has 1 heterocycles. The third-order valence-corrected chi connectivity index (χ3v) is 8.01. The first kappa shape index (κ1) is 35.9. The van der Waals surface area contributed by atoms with Gasteiger partial charge in [0.05, 0.1) is 12.0 Å². The SMILES string of the molecule is CCCCCCNC(=O)[C@H](Cc1cn(C(c2ccccc2)(c2ccccc2)c2ccccc2)cn1)NC(=O)CCNC(=O)OC(C)(C)C. The number of ether oxygens (including phenoxy) is 1. The van der Waals surface area contributed by atoms with Crippen LogP contribution in [0, 0.1) is 0 Å². The second-order valence-electron chi connectivity index (χ2n) is 12.9. The predicted molar refractivity (Wildman–Crippen MR) is 188 cm³/mol. The molecule has 0 aliphatic carbocycles. The Bertz CT molecular complexity index is 1490. The third kappa shape index (κ3) is 9.80. The Morgan fingerprint density at radius 1 is 0.771 bits per heavy atom. The minimum Gasteiger partial charge on any atom is -0.444 e. The molecule has 9 nitrogen and oxygen atoms in total. The Kier molecular flexibility index (Phi) is 12.9. The summed E-state index contributed by atoms with van der Waals surface area (Å²) in [7, 11) is 0. The minimum absolute atomic E-state index is 0.00685. The van der Waals surface area contributed by atoms with Crippen molar-refractivity contribution in [2.45, 2.75) is 83.4 Å². The van der Waals surface area contributed by atoms with Crippen molar-refractivity contribution in [3.63, 3.8) is 0 Å². The number of carbonyl (C=O) groups is 3. The number of aromatic nitrogens is 2. The maximum atomic E-state index is 13.5. The lowest BCUT2D eigenvalue weighted by atomic mass is 9.77. The molecule has 9 heteroatoms. The highest BCUT2D eigenvalue weighted by Crippen LogP contribution is 2.40. The van der Waals surface area contributed by atoms with Crippen molar-refractivity contribution in [2.24, 2.45) is 0 Å². The van der Waals surface area contributed by atoms with Crippen molar-refractivity contribution in [1.29, 1.82) is 0 Å². The molecule has 48 heavy (non-hydrogen) atoms. The van der Waals surface area contributed by atoms with Crippen LogP contribution in [0.15, 0.2) is 104 Å². The second-order valence-corrected chi connectivity index (χ2v) is 12.9. The number of alkyl carbamates (subject to hydrolysis) is 1. The number of rotatable bonds is 16. The van der Waals surface area contributed by atoms with E-state index < -0.39 is 23.3 Å². The minimum atomic E-state index is -0.854. The Labute approximate surface area is 284 Å². The number of nitrogens with one attached hydrogen (secondary N) is 3. The summed E-state index contributed by atoms with van der Waals surface area (Å²) in [6.07, 6.45) is 7.44. The maximum absolute atomic E-state index is 13.5. The monoisotopic (exact) mass is 651 g/mol. The number of amides is 3. The van der Waals surface area contributed by atoms with E-state index >= 15 is 0 Å². The van der Waals surface area contributed by atoms with Gasteiger partial charge in [0.15, 0.2) is 0 Å². The average molecular weight is 652 g/mol. The summed E-state index contributed by atoms with van der Waals surface area (Å²) in [6, 6.07) is 30.0. The molecule has 3 N–H and O–H groups in total. The van der Waals surface area contributed by atoms with E-state index in [1.54, 1.807) is 27.1 Å². The highest BCUT2D eigenvalue weighted by molar-refractivity contribution is 5.88. The topological polar surface area (TPSA) is 114 Å². The normalized spacial score (nSPS) is 12.2. The van der Waals surface area contributed by atoms with Gasteiger partial charge in [-0.2, -0.15) is 0 Å². The Balaban J connectivity index is 1.61. The fourth-order valence-electron chi connectivity index (χ4n) is 5.80. The summed E-state index contributed by atoms with van der Waals surface area (Å²) in [6.45, 7) is 8.07. The van der Waals surface area contributed by atoms with Gasteiger partial charge in [-0.15, -0.1) is 0 Å². The first-order valence-corrected chi connectivity index (χ1v) is 16.9. The molecule has 1 atom stereocenters. The zero-order valence-electron chi connectivity index (χ0n) is 28.6. The van der Waals surface area contributed by atoms with Gasteiger partial charge in [-0.1, -0.05) is 117 Å². The number of unbranched alkanes of at least 4 members (excludes halogenated alkanes) is 3. The lowest BCUT2D eigenvalue weighted by molar-refractivity contribution is -0.129. The molecule has 0 bridgehead atoms. The van der Waals surface area contributed by atoms with Crippen LogP contribution in [0.2, 0.25) is 0 Å². The van der Waals surface area contributed by atoms with Crippen LogP contribution in [-0.4, -0.2) is 52.2 Å². The summed E-state index contributed by atoms with van der Waals surface area (Å²) in [5, 5.41) is 8.50. The largest absolute Gasteiger partial charge is 0.444 e. The van der Waals surface area contributed by atoms with Gasteiger partial charge in [-0.05, 0) is 43.9 Å². The Morgan fingerprint density at radius 3 is 1.85 bits per heavy atom. The van der Waals surface area contributed by atoms with E-state index in [0.717, 1.165) is 42.4 Å². The Morgan fingerprint density at radius 2 is 1.33 bits per heavy atom. The molecule has 0 aliphatic rings. The molecule has 0 spiro atoms. The predicted octanol–water partition coefficient (Wildman–Crippen LogP) is 6.36. The molecule has 0 fully saturated rings. The van der Waals surface area contributed by atoms with Gasteiger partial charge < -0.3 is 25.3 Å². The highest BCUT2D eigenvalue weighted by atomic mass is 16.6. The van der Waals surface area contributed by atoms with E-state index in [1.807, 2.05) is 60.8 Å². The van der Waals surface area contributed by atoms with Gasteiger partial charge in [0.1, 0.15) is 17.2 Å². The molecule has 3 amide bonds. The van der Waals surface area contributed by atoms with Crippen molar-refractivity contribution in [2.75, 3.05) is 13.1 Å². The molecule has 0 unspecified atom stereocenters. The van der Waals surface area contributed by atoms with Crippen molar-refractivity contribution >= 4 is 17.9 Å². The van der Waals surface area contributed by atoms with E-state index in [4.69, 9.17) is 9.72 Å². The first-order chi connectivity index (χ1) is 23.1. The van der Waals surface area contributed by atoms with Crippen LogP contribution in [0.4, 0.5) is 4.79 Å². The quantitative estimate of drug-likeness (QED) is 0.0964. The van der Waals surface area contributed by atoms with Gasteiger partial charge in [-0.25, -0.2) is 9.78 Å². The number of carbonyl (C=O) groups excluding carboxylic acids is 3. The van der Waals surface area contributed by atoms with Gasteiger partial charge in [-0.3, -0.25) is 9.59 Å². The van der Waals surface area contributed by atoms with E-state index in [-0.39, 0.29) is 31.2 Å². The van der Waals surface area contributed by atoms with E-state index in [9.17, 15) is 14.4 Å². The maximum Gasteiger partial charge on any atom is 0.407 e. The molecular formula is C39H49N5O4. The van der Waals surface area contributed by atoms with Crippen LogP contribution in [0.3, 0.4) is 0 Å². The molecule has 1 aromatic heterocycles. The van der Waals surface area contributed by atoms with Gasteiger partial charge in [0, 0.05) is 32.1 Å². The molecule has 4 rings (SSSR count). The van der Waals surface area contributed by atoms with Crippen molar-refractivity contribution < 1.29 is 19.1 Å². The van der Waals surface area contributed by atoms with Crippen LogP contribution in [0.1, 0.15) is 82.2 Å². The fourth-order valence-corrected chi connectivity index (χ4v) is 5.80. The van der Waals surface area contributed by atoms with Crippen LogP contribution in [0.25, 0.3) is 0 Å². The second kappa shape index (κ2) is 17.3. The lowest BCUT2D eigenvalue weighted by Gasteiger charge is -2.37. The molecule has 0 saturated heterocycles. The third-order valence-electron chi connectivity index (χ3n) is 8.01. The van der Waals surface area contributed by atoms with Crippen LogP contribution in [-0.2, 0) is 26.3 Å². The number of imidazole rings is 1. The number of benzene rings is 3. The first-order valence-electron chi connectivity index (χ1n) is 16.9. The summed E-state index contributed by atoms with van der Waals surface area (Å²) in [5.41, 5.74) is 2.42. The summed E-state index contributed by atoms with van der Waals surface area (Å²) < 4.78 is 7.35.